The molecule has 0 aliphatic heterocycles. The van der Waals surface area contributed by atoms with Crippen LogP contribution in [0.25, 0.3) is 11.3 Å². The molecule has 1 heteroatoms. The lowest BCUT2D eigenvalue weighted by atomic mass is 9.95. The molecule has 0 bridgehead atoms. The van der Waals surface area contributed by atoms with Crippen molar-refractivity contribution in [2.45, 2.75) is 34.1 Å². The molecule has 1 rings (SSSR count). The van der Waals surface area contributed by atoms with Gasteiger partial charge in [-0.3, -0.25) is 0 Å². The monoisotopic (exact) mass is 293 g/mol. The Kier molecular flexibility index (Phi) is 7.18. The van der Waals surface area contributed by atoms with Crippen LogP contribution in [0.4, 0.5) is 0 Å². The first kappa shape index (κ1) is 17.8. The molecule has 0 unspecified atom stereocenters. The van der Waals surface area contributed by atoms with Crippen molar-refractivity contribution in [3.8, 4) is 0 Å². The molecule has 1 N–H and O–H groups in total. The van der Waals surface area contributed by atoms with Gasteiger partial charge in [-0.15, -0.1) is 0 Å². The summed E-state index contributed by atoms with van der Waals surface area (Å²) < 4.78 is 0. The maximum atomic E-state index is 4.10. The smallest absolute Gasteiger partial charge is 0.0380 e. The fourth-order valence-electron chi connectivity index (χ4n) is 2.21. The van der Waals surface area contributed by atoms with E-state index in [1.165, 1.54) is 22.3 Å². The van der Waals surface area contributed by atoms with Crippen molar-refractivity contribution >= 4 is 11.3 Å². The summed E-state index contributed by atoms with van der Waals surface area (Å²) in [7, 11) is 0. The van der Waals surface area contributed by atoms with Crippen LogP contribution in [0.15, 0.2) is 67.4 Å². The van der Waals surface area contributed by atoms with Crippen molar-refractivity contribution in [2.75, 3.05) is 0 Å². The van der Waals surface area contributed by atoms with Crippen LogP contribution >= 0.6 is 0 Å². The van der Waals surface area contributed by atoms with E-state index in [0.717, 1.165) is 17.7 Å². The van der Waals surface area contributed by atoms with Crippen LogP contribution in [-0.2, 0) is 0 Å². The summed E-state index contributed by atoms with van der Waals surface area (Å²) in [6.45, 7) is 16.3. The predicted octanol–water partition coefficient (Wildman–Crippen LogP) is 6.01. The van der Waals surface area contributed by atoms with Crippen LogP contribution in [0.5, 0.6) is 0 Å². The first-order valence-corrected chi connectivity index (χ1v) is 7.74. The second-order valence-corrected chi connectivity index (χ2v) is 5.17. The summed E-state index contributed by atoms with van der Waals surface area (Å²) in [6, 6.07) is 6.43. The van der Waals surface area contributed by atoms with Crippen molar-refractivity contribution in [2.24, 2.45) is 0 Å². The Morgan fingerprint density at radius 3 is 2.55 bits per heavy atom. The fraction of sp³-hybridized carbons (Fsp3) is 0.238. The van der Waals surface area contributed by atoms with Gasteiger partial charge in [0.05, 0.1) is 0 Å². The number of aryl methyl sites for hydroxylation is 1. The highest BCUT2D eigenvalue weighted by Gasteiger charge is 2.06. The quantitative estimate of drug-likeness (QED) is 0.607. The molecule has 0 amide bonds. The number of rotatable bonds is 7. The van der Waals surface area contributed by atoms with E-state index in [9.17, 15) is 0 Å². The zero-order valence-corrected chi connectivity index (χ0v) is 14.2. The SMILES string of the molecule is C=C/C(=C/C(=C\C)c1cc(C(=C)N/C=C/C)ccc1C)CC. The molecular formula is C21H27N. The lowest BCUT2D eigenvalue weighted by molar-refractivity contribution is 1.15. The topological polar surface area (TPSA) is 12.0 Å². The Labute approximate surface area is 135 Å². The molecule has 0 radical (unpaired) electrons. The average Bonchev–Trinajstić information content (AvgIpc) is 2.54. The van der Waals surface area contributed by atoms with Gasteiger partial charge in [0.15, 0.2) is 0 Å². The third-order valence-corrected chi connectivity index (χ3v) is 3.64. The zero-order chi connectivity index (χ0) is 16.5. The second kappa shape index (κ2) is 8.89. The van der Waals surface area contributed by atoms with E-state index in [1.54, 1.807) is 0 Å². The molecule has 0 spiro atoms. The summed E-state index contributed by atoms with van der Waals surface area (Å²) in [5, 5.41) is 3.19. The highest BCUT2D eigenvalue weighted by Crippen LogP contribution is 2.25. The molecule has 116 valence electrons. The van der Waals surface area contributed by atoms with Crippen LogP contribution in [0, 0.1) is 6.92 Å². The van der Waals surface area contributed by atoms with Crippen LogP contribution in [0.2, 0.25) is 0 Å². The largest absolute Gasteiger partial charge is 0.362 e. The number of benzene rings is 1. The number of hydrogen-bond donors (Lipinski definition) is 1. The van der Waals surface area contributed by atoms with Gasteiger partial charge in [-0.2, -0.15) is 0 Å². The van der Waals surface area contributed by atoms with E-state index < -0.39 is 0 Å². The Morgan fingerprint density at radius 2 is 2.00 bits per heavy atom. The molecule has 0 aliphatic carbocycles. The van der Waals surface area contributed by atoms with Gasteiger partial charge < -0.3 is 5.32 Å². The third kappa shape index (κ3) is 4.63. The first-order valence-electron chi connectivity index (χ1n) is 7.74. The minimum Gasteiger partial charge on any atom is -0.362 e. The lowest BCUT2D eigenvalue weighted by Crippen LogP contribution is -2.03. The van der Waals surface area contributed by atoms with Gasteiger partial charge in [-0.1, -0.05) is 56.5 Å². The van der Waals surface area contributed by atoms with Crippen molar-refractivity contribution in [3.63, 3.8) is 0 Å². The van der Waals surface area contributed by atoms with Crippen LogP contribution < -0.4 is 5.32 Å². The van der Waals surface area contributed by atoms with Gasteiger partial charge in [-0.05, 0) is 67.3 Å². The molecule has 0 aromatic heterocycles. The number of nitrogens with one attached hydrogen (secondary N) is 1. The standard InChI is InChI=1S/C21H27N/c1-7-13-22-17(6)20-12-11-16(5)21(15-20)19(10-4)14-18(8-2)9-3/h7-8,10-15,22H,2,6,9H2,1,3-5H3/b13-7+,18-14-,19-10+. The summed E-state index contributed by atoms with van der Waals surface area (Å²) in [5.74, 6) is 0. The molecule has 0 aliphatic rings. The molecule has 0 atom stereocenters. The molecule has 0 saturated heterocycles. The molecule has 1 nitrogen and oxygen atoms in total. The van der Waals surface area contributed by atoms with Crippen molar-refractivity contribution in [3.05, 3.63) is 84.1 Å². The zero-order valence-electron chi connectivity index (χ0n) is 14.2. The molecule has 0 saturated carbocycles. The molecule has 22 heavy (non-hydrogen) atoms. The van der Waals surface area contributed by atoms with Gasteiger partial charge in [0.1, 0.15) is 0 Å². The Balaban J connectivity index is 3.25. The summed E-state index contributed by atoms with van der Waals surface area (Å²) in [5.41, 5.74) is 6.95. The molecular weight excluding hydrogens is 266 g/mol. The normalized spacial score (nSPS) is 12.5. The van der Waals surface area contributed by atoms with Crippen molar-refractivity contribution < 1.29 is 0 Å². The Morgan fingerprint density at radius 1 is 1.27 bits per heavy atom. The van der Waals surface area contributed by atoms with Crippen LogP contribution in [0.1, 0.15) is 43.9 Å². The maximum absolute atomic E-state index is 4.10. The van der Waals surface area contributed by atoms with Gasteiger partial charge in [0.25, 0.3) is 0 Å². The maximum Gasteiger partial charge on any atom is 0.0380 e. The van der Waals surface area contributed by atoms with Crippen molar-refractivity contribution in [1.29, 1.82) is 0 Å². The van der Waals surface area contributed by atoms with Crippen molar-refractivity contribution in [1.82, 2.24) is 5.32 Å². The second-order valence-electron chi connectivity index (χ2n) is 5.17. The van der Waals surface area contributed by atoms with E-state index in [4.69, 9.17) is 0 Å². The molecule has 0 heterocycles. The highest BCUT2D eigenvalue weighted by molar-refractivity contribution is 5.79. The summed E-state index contributed by atoms with van der Waals surface area (Å²) in [6.07, 6.45) is 11.1. The van der Waals surface area contributed by atoms with E-state index in [2.05, 4.69) is 69.6 Å². The van der Waals surface area contributed by atoms with Gasteiger partial charge in [0.2, 0.25) is 0 Å². The average molecular weight is 293 g/mol. The predicted molar refractivity (Wildman–Crippen MR) is 100 cm³/mol. The number of hydrogen-bond acceptors (Lipinski definition) is 1. The third-order valence-electron chi connectivity index (χ3n) is 3.64. The van der Waals surface area contributed by atoms with E-state index in [1.807, 2.05) is 25.3 Å². The van der Waals surface area contributed by atoms with Gasteiger partial charge in [-0.25, -0.2) is 0 Å². The Bertz CT molecular complexity index is 627. The lowest BCUT2D eigenvalue weighted by Gasteiger charge is -2.13. The fourth-order valence-corrected chi connectivity index (χ4v) is 2.21. The molecule has 0 fully saturated rings. The highest BCUT2D eigenvalue weighted by atomic mass is 14.8. The van der Waals surface area contributed by atoms with Gasteiger partial charge >= 0.3 is 0 Å². The summed E-state index contributed by atoms with van der Waals surface area (Å²) >= 11 is 0. The number of allylic oxidation sites excluding steroid dienone is 6. The van der Waals surface area contributed by atoms with E-state index in [-0.39, 0.29) is 0 Å². The first-order chi connectivity index (χ1) is 10.6. The summed E-state index contributed by atoms with van der Waals surface area (Å²) in [4.78, 5) is 0. The van der Waals surface area contributed by atoms with Gasteiger partial charge in [0, 0.05) is 5.70 Å². The molecule has 1 aromatic rings. The van der Waals surface area contributed by atoms with Crippen LogP contribution in [-0.4, -0.2) is 0 Å². The van der Waals surface area contributed by atoms with Crippen LogP contribution in [0.3, 0.4) is 0 Å². The van der Waals surface area contributed by atoms with E-state index in [0.29, 0.717) is 0 Å². The Hall–Kier alpha value is -2.28. The minimum atomic E-state index is 0.901. The molecule has 1 aromatic carbocycles. The van der Waals surface area contributed by atoms with E-state index >= 15 is 0 Å². The minimum absolute atomic E-state index is 0.901.